The van der Waals surface area contributed by atoms with E-state index in [1.165, 1.54) is 24.8 Å². The number of hydrogen-bond donors (Lipinski definition) is 1. The van der Waals surface area contributed by atoms with Crippen molar-refractivity contribution in [1.29, 1.82) is 0 Å². The summed E-state index contributed by atoms with van der Waals surface area (Å²) in [6.45, 7) is 2.08. The average Bonchev–Trinajstić information content (AvgIpc) is 3.03. The Balaban J connectivity index is 1.79. The van der Waals surface area contributed by atoms with Crippen LogP contribution in [0.2, 0.25) is 0 Å². The van der Waals surface area contributed by atoms with Crippen molar-refractivity contribution >= 4 is 11.1 Å². The molecule has 3 atom stereocenters. The molecule has 3 nitrogen and oxygen atoms in total. The minimum Gasteiger partial charge on any atom is -0.440 e. The van der Waals surface area contributed by atoms with Gasteiger partial charge in [0.2, 0.25) is 0 Å². The number of aryl methyl sites for hydroxylation is 1. The van der Waals surface area contributed by atoms with E-state index in [1.807, 2.05) is 12.1 Å². The summed E-state index contributed by atoms with van der Waals surface area (Å²) >= 11 is 0. The van der Waals surface area contributed by atoms with E-state index in [1.54, 1.807) is 0 Å². The van der Waals surface area contributed by atoms with Crippen molar-refractivity contribution in [3.63, 3.8) is 0 Å². The van der Waals surface area contributed by atoms with Crippen molar-refractivity contribution < 1.29 is 4.42 Å². The highest BCUT2D eigenvalue weighted by Gasteiger charge is 2.42. The molecule has 2 aliphatic rings. The van der Waals surface area contributed by atoms with Gasteiger partial charge in [0.25, 0.3) is 0 Å². The van der Waals surface area contributed by atoms with Gasteiger partial charge >= 0.3 is 0 Å². The molecule has 1 aromatic heterocycles. The molecule has 0 spiro atoms. The number of rotatable bonds is 1. The van der Waals surface area contributed by atoms with Gasteiger partial charge in [0.1, 0.15) is 5.52 Å². The van der Waals surface area contributed by atoms with E-state index in [9.17, 15) is 0 Å². The number of hydrogen-bond acceptors (Lipinski definition) is 3. The van der Waals surface area contributed by atoms with Crippen molar-refractivity contribution in [3.05, 3.63) is 29.7 Å². The Morgan fingerprint density at radius 2 is 2.29 bits per heavy atom. The summed E-state index contributed by atoms with van der Waals surface area (Å²) in [5.41, 5.74) is 3.14. The number of nitrogens with zero attached hydrogens (tertiary/aromatic N) is 1. The number of nitrogens with one attached hydrogen (secondary N) is 1. The molecule has 0 amide bonds. The number of fused-ring (bicyclic) bond motifs is 3. The lowest BCUT2D eigenvalue weighted by Crippen LogP contribution is -2.21. The molecule has 1 N–H and O–H groups in total. The predicted molar refractivity (Wildman–Crippen MR) is 66.0 cm³/mol. The molecule has 3 heteroatoms. The summed E-state index contributed by atoms with van der Waals surface area (Å²) in [5, 5.41) is 3.64. The Kier molecular flexibility index (Phi) is 1.89. The standard InChI is InChI=1S/C14H16N2O/c1-8-3-2-4-12-13(8)17-14(16-12)10-7-9-5-6-11(10)15-9/h2-4,9-11,15H,5-7H2,1H3. The summed E-state index contributed by atoms with van der Waals surface area (Å²) in [4.78, 5) is 4.67. The first-order valence-electron chi connectivity index (χ1n) is 6.43. The van der Waals surface area contributed by atoms with Gasteiger partial charge in [-0.15, -0.1) is 0 Å². The number of aromatic nitrogens is 1. The zero-order valence-corrected chi connectivity index (χ0v) is 9.94. The van der Waals surface area contributed by atoms with Crippen LogP contribution in [-0.4, -0.2) is 17.1 Å². The van der Waals surface area contributed by atoms with Crippen LogP contribution in [0.4, 0.5) is 0 Å². The van der Waals surface area contributed by atoms with Crippen molar-refractivity contribution in [2.45, 2.75) is 44.2 Å². The molecule has 2 fully saturated rings. The maximum Gasteiger partial charge on any atom is 0.200 e. The summed E-state index contributed by atoms with van der Waals surface area (Å²) < 4.78 is 5.98. The first-order valence-corrected chi connectivity index (χ1v) is 6.43. The van der Waals surface area contributed by atoms with Crippen molar-refractivity contribution in [2.24, 2.45) is 0 Å². The lowest BCUT2D eigenvalue weighted by atomic mass is 9.89. The van der Waals surface area contributed by atoms with Gasteiger partial charge in [0.15, 0.2) is 11.5 Å². The summed E-state index contributed by atoms with van der Waals surface area (Å²) in [5.74, 6) is 1.43. The van der Waals surface area contributed by atoms with Crippen molar-refractivity contribution in [1.82, 2.24) is 10.3 Å². The molecule has 0 saturated carbocycles. The van der Waals surface area contributed by atoms with Crippen LogP contribution in [0.15, 0.2) is 22.6 Å². The minimum atomic E-state index is 0.487. The van der Waals surface area contributed by atoms with Crippen LogP contribution in [0.25, 0.3) is 11.1 Å². The topological polar surface area (TPSA) is 38.1 Å². The lowest BCUT2D eigenvalue weighted by molar-refractivity contribution is 0.407. The molecule has 88 valence electrons. The van der Waals surface area contributed by atoms with E-state index < -0.39 is 0 Å². The second-order valence-corrected chi connectivity index (χ2v) is 5.36. The van der Waals surface area contributed by atoms with E-state index in [-0.39, 0.29) is 0 Å². The number of benzene rings is 1. The van der Waals surface area contributed by atoms with Crippen LogP contribution in [0, 0.1) is 6.92 Å². The van der Waals surface area contributed by atoms with E-state index in [2.05, 4.69) is 23.3 Å². The molecular formula is C14H16N2O. The summed E-state index contributed by atoms with van der Waals surface area (Å²) in [6.07, 6.45) is 3.78. The molecule has 2 aromatic rings. The molecule has 0 radical (unpaired) electrons. The third-order valence-electron chi connectivity index (χ3n) is 4.25. The Bertz CT molecular complexity index is 575. The molecule has 3 heterocycles. The van der Waals surface area contributed by atoms with Crippen LogP contribution in [0.5, 0.6) is 0 Å². The van der Waals surface area contributed by atoms with Gasteiger partial charge in [-0.2, -0.15) is 0 Å². The fraction of sp³-hybridized carbons (Fsp3) is 0.500. The van der Waals surface area contributed by atoms with Gasteiger partial charge in [0.05, 0.1) is 5.92 Å². The Labute approximate surface area is 100 Å². The second-order valence-electron chi connectivity index (χ2n) is 5.36. The third kappa shape index (κ3) is 1.35. The van der Waals surface area contributed by atoms with Crippen LogP contribution in [0.3, 0.4) is 0 Å². The molecule has 1 aromatic carbocycles. The highest BCUT2D eigenvalue weighted by molar-refractivity contribution is 5.76. The molecule has 2 aliphatic heterocycles. The van der Waals surface area contributed by atoms with E-state index in [4.69, 9.17) is 4.42 Å². The Morgan fingerprint density at radius 3 is 3.00 bits per heavy atom. The molecule has 2 bridgehead atoms. The van der Waals surface area contributed by atoms with Gasteiger partial charge in [-0.05, 0) is 37.8 Å². The molecule has 17 heavy (non-hydrogen) atoms. The van der Waals surface area contributed by atoms with Gasteiger partial charge in [-0.3, -0.25) is 0 Å². The molecule has 3 unspecified atom stereocenters. The fourth-order valence-electron chi connectivity index (χ4n) is 3.36. The van der Waals surface area contributed by atoms with Crippen LogP contribution in [-0.2, 0) is 0 Å². The first kappa shape index (κ1) is 9.66. The monoisotopic (exact) mass is 228 g/mol. The van der Waals surface area contributed by atoms with E-state index >= 15 is 0 Å². The molecule has 2 saturated heterocycles. The SMILES string of the molecule is Cc1cccc2nc(C3CC4CCC3N4)oc12. The zero-order chi connectivity index (χ0) is 11.4. The largest absolute Gasteiger partial charge is 0.440 e. The molecule has 4 rings (SSSR count). The average molecular weight is 228 g/mol. The quantitative estimate of drug-likeness (QED) is 0.815. The van der Waals surface area contributed by atoms with Crippen LogP contribution >= 0.6 is 0 Å². The highest BCUT2D eigenvalue weighted by Crippen LogP contribution is 2.40. The Morgan fingerprint density at radius 1 is 1.35 bits per heavy atom. The third-order valence-corrected chi connectivity index (χ3v) is 4.25. The molecular weight excluding hydrogens is 212 g/mol. The summed E-state index contributed by atoms with van der Waals surface area (Å²) in [6, 6.07) is 7.45. The summed E-state index contributed by atoms with van der Waals surface area (Å²) in [7, 11) is 0. The lowest BCUT2D eigenvalue weighted by Gasteiger charge is -2.15. The van der Waals surface area contributed by atoms with E-state index in [0.717, 1.165) is 17.0 Å². The minimum absolute atomic E-state index is 0.487. The molecule has 0 aliphatic carbocycles. The number of para-hydroxylation sites is 1. The maximum atomic E-state index is 5.98. The second kappa shape index (κ2) is 3.33. The van der Waals surface area contributed by atoms with Crippen molar-refractivity contribution in [3.8, 4) is 0 Å². The van der Waals surface area contributed by atoms with E-state index in [0.29, 0.717) is 18.0 Å². The Hall–Kier alpha value is -1.35. The van der Waals surface area contributed by atoms with Gasteiger partial charge < -0.3 is 9.73 Å². The van der Waals surface area contributed by atoms with Gasteiger partial charge in [-0.25, -0.2) is 4.98 Å². The van der Waals surface area contributed by atoms with Crippen molar-refractivity contribution in [2.75, 3.05) is 0 Å². The fourth-order valence-corrected chi connectivity index (χ4v) is 3.36. The smallest absolute Gasteiger partial charge is 0.200 e. The highest BCUT2D eigenvalue weighted by atomic mass is 16.3. The van der Waals surface area contributed by atoms with Gasteiger partial charge in [0, 0.05) is 12.1 Å². The normalized spacial score (nSPS) is 31.5. The number of oxazole rings is 1. The predicted octanol–water partition coefficient (Wildman–Crippen LogP) is 2.74. The van der Waals surface area contributed by atoms with Gasteiger partial charge in [-0.1, -0.05) is 12.1 Å². The zero-order valence-electron chi connectivity index (χ0n) is 9.94. The van der Waals surface area contributed by atoms with Crippen LogP contribution < -0.4 is 5.32 Å². The maximum absolute atomic E-state index is 5.98. The van der Waals surface area contributed by atoms with Crippen LogP contribution in [0.1, 0.15) is 36.6 Å². The first-order chi connectivity index (χ1) is 8.31.